The highest BCUT2D eigenvalue weighted by molar-refractivity contribution is 8.16. The molecule has 3 aromatic rings. The molecule has 0 unspecified atom stereocenters. The third-order valence-electron chi connectivity index (χ3n) is 4.84. The molecule has 0 atom stereocenters. The molecule has 0 bridgehead atoms. The van der Waals surface area contributed by atoms with Crippen LogP contribution in [-0.2, 0) is 10.0 Å². The first kappa shape index (κ1) is 17.3. The summed E-state index contributed by atoms with van der Waals surface area (Å²) in [6, 6.07) is 20.3. The van der Waals surface area contributed by atoms with Gasteiger partial charge in [-0.05, 0) is 29.1 Å². The van der Waals surface area contributed by atoms with E-state index in [9.17, 15) is 8.42 Å². The Morgan fingerprint density at radius 3 is 2.61 bits per heavy atom. The Hall–Kier alpha value is -2.77. The van der Waals surface area contributed by atoms with Crippen molar-refractivity contribution in [2.24, 2.45) is 4.99 Å². The van der Waals surface area contributed by atoms with E-state index in [2.05, 4.69) is 20.0 Å². The van der Waals surface area contributed by atoms with Crippen LogP contribution in [0.1, 0.15) is 5.56 Å². The molecule has 140 valence electrons. The molecule has 1 N–H and O–H groups in total. The van der Waals surface area contributed by atoms with E-state index in [1.54, 1.807) is 36.0 Å². The molecule has 2 aliphatic rings. The average Bonchev–Trinajstić information content (AvgIpc) is 3.32. The van der Waals surface area contributed by atoms with Crippen molar-refractivity contribution in [2.45, 2.75) is 4.90 Å². The summed E-state index contributed by atoms with van der Waals surface area (Å²) in [5, 5.41) is 4.74. The fraction of sp³-hybridized carbons (Fsp3) is 0.0952. The maximum Gasteiger partial charge on any atom is 0.262 e. The van der Waals surface area contributed by atoms with E-state index in [4.69, 9.17) is 0 Å². The summed E-state index contributed by atoms with van der Waals surface area (Å²) in [5.74, 6) is 0. The molecular weight excluding hydrogens is 390 g/mol. The van der Waals surface area contributed by atoms with E-state index in [-0.39, 0.29) is 4.90 Å². The molecule has 0 amide bonds. The lowest BCUT2D eigenvalue weighted by molar-refractivity contribution is 0.602. The minimum atomic E-state index is -3.68. The summed E-state index contributed by atoms with van der Waals surface area (Å²) in [6.45, 7) is 1.71. The van der Waals surface area contributed by atoms with Crippen molar-refractivity contribution < 1.29 is 8.42 Å². The molecule has 5 rings (SSSR count). The number of fused-ring (bicyclic) bond motifs is 2. The van der Waals surface area contributed by atoms with Gasteiger partial charge in [0.25, 0.3) is 10.0 Å². The summed E-state index contributed by atoms with van der Waals surface area (Å²) in [5.41, 5.74) is 2.70. The van der Waals surface area contributed by atoms with Crippen molar-refractivity contribution in [3.63, 3.8) is 0 Å². The lowest BCUT2D eigenvalue weighted by Gasteiger charge is -2.17. The molecule has 28 heavy (non-hydrogen) atoms. The number of rotatable bonds is 4. The molecule has 0 saturated heterocycles. The van der Waals surface area contributed by atoms with Gasteiger partial charge in [0.1, 0.15) is 0 Å². The van der Waals surface area contributed by atoms with Gasteiger partial charge in [-0.3, -0.25) is 9.71 Å². The smallest absolute Gasteiger partial charge is 0.262 e. The zero-order chi connectivity index (χ0) is 19.1. The van der Waals surface area contributed by atoms with Crippen molar-refractivity contribution in [1.82, 2.24) is 4.90 Å². The lowest BCUT2D eigenvalue weighted by atomic mass is 10.1. The van der Waals surface area contributed by atoms with E-state index in [1.807, 2.05) is 42.5 Å². The quantitative estimate of drug-likeness (QED) is 0.698. The molecule has 0 radical (unpaired) electrons. The van der Waals surface area contributed by atoms with Crippen LogP contribution in [0.4, 0.5) is 5.69 Å². The summed E-state index contributed by atoms with van der Waals surface area (Å²) < 4.78 is 28.6. The molecule has 3 aromatic carbocycles. The molecular formula is C21H17N3O2S2. The van der Waals surface area contributed by atoms with Gasteiger partial charge in [-0.2, -0.15) is 0 Å². The summed E-state index contributed by atoms with van der Waals surface area (Å²) in [6.07, 6.45) is 0. The monoisotopic (exact) mass is 407 g/mol. The summed E-state index contributed by atoms with van der Waals surface area (Å²) in [7, 11) is -3.68. The first-order valence-corrected chi connectivity index (χ1v) is 11.3. The zero-order valence-electron chi connectivity index (χ0n) is 14.9. The van der Waals surface area contributed by atoms with Gasteiger partial charge < -0.3 is 4.90 Å². The van der Waals surface area contributed by atoms with E-state index >= 15 is 0 Å². The van der Waals surface area contributed by atoms with E-state index < -0.39 is 10.0 Å². The Morgan fingerprint density at radius 2 is 1.75 bits per heavy atom. The van der Waals surface area contributed by atoms with Gasteiger partial charge >= 0.3 is 0 Å². The average molecular weight is 408 g/mol. The molecule has 7 heteroatoms. The van der Waals surface area contributed by atoms with Crippen LogP contribution in [0.25, 0.3) is 16.5 Å². The largest absolute Gasteiger partial charge is 0.318 e. The third kappa shape index (κ3) is 2.96. The predicted molar refractivity (Wildman–Crippen MR) is 116 cm³/mol. The van der Waals surface area contributed by atoms with Crippen molar-refractivity contribution >= 4 is 49.1 Å². The summed E-state index contributed by atoms with van der Waals surface area (Å²) in [4.78, 5) is 6.93. The first-order chi connectivity index (χ1) is 13.6. The molecule has 5 nitrogen and oxygen atoms in total. The normalized spacial score (nSPS) is 16.1. The number of nitrogens with one attached hydrogen (secondary N) is 1. The Morgan fingerprint density at radius 1 is 0.964 bits per heavy atom. The molecule has 2 aliphatic heterocycles. The van der Waals surface area contributed by atoms with Crippen LogP contribution in [0.2, 0.25) is 0 Å². The molecule has 0 saturated carbocycles. The zero-order valence-corrected chi connectivity index (χ0v) is 16.5. The Labute approximate surface area is 167 Å². The highest BCUT2D eigenvalue weighted by Gasteiger charge is 2.27. The molecule has 2 heterocycles. The van der Waals surface area contributed by atoms with Crippen molar-refractivity contribution in [1.29, 1.82) is 0 Å². The van der Waals surface area contributed by atoms with Crippen LogP contribution in [-0.4, -0.2) is 31.6 Å². The SMILES string of the molecule is O=S(=O)(Nc1ccc(C2=CSC3=NCCN23)cc1)c1cccc2ccccc12. The maximum atomic E-state index is 13.0. The van der Waals surface area contributed by atoms with Crippen LogP contribution in [0, 0.1) is 0 Å². The lowest BCUT2D eigenvalue weighted by Crippen LogP contribution is -2.19. The Balaban J connectivity index is 1.42. The standard InChI is InChI=1S/C21H17N3O2S2/c25-28(26,20-7-3-5-15-4-1-2-6-18(15)20)23-17-10-8-16(9-11-17)19-14-27-21-22-12-13-24(19)21/h1-11,14,23H,12-13H2. The second kappa shape index (κ2) is 6.68. The number of benzene rings is 3. The highest BCUT2D eigenvalue weighted by atomic mass is 32.2. The molecule has 0 spiro atoms. The van der Waals surface area contributed by atoms with Gasteiger partial charge in [0.05, 0.1) is 17.1 Å². The first-order valence-electron chi connectivity index (χ1n) is 8.92. The predicted octanol–water partition coefficient (Wildman–Crippen LogP) is 4.36. The van der Waals surface area contributed by atoms with Gasteiger partial charge in [-0.15, -0.1) is 0 Å². The van der Waals surface area contributed by atoms with Crippen LogP contribution >= 0.6 is 11.8 Å². The Bertz CT molecular complexity index is 1230. The number of thioether (sulfide) groups is 1. The molecule has 0 fully saturated rings. The molecule has 0 aromatic heterocycles. The molecule has 0 aliphatic carbocycles. The van der Waals surface area contributed by atoms with Gasteiger partial charge in [0.2, 0.25) is 0 Å². The van der Waals surface area contributed by atoms with E-state index in [0.717, 1.165) is 34.9 Å². The number of aliphatic imine (C=N–C) groups is 1. The van der Waals surface area contributed by atoms with Gasteiger partial charge in [0.15, 0.2) is 5.17 Å². The van der Waals surface area contributed by atoms with E-state index in [1.165, 1.54) is 0 Å². The van der Waals surface area contributed by atoms with Gasteiger partial charge in [0, 0.05) is 23.0 Å². The van der Waals surface area contributed by atoms with E-state index in [0.29, 0.717) is 11.1 Å². The fourth-order valence-corrected chi connectivity index (χ4v) is 5.75. The summed E-state index contributed by atoms with van der Waals surface area (Å²) >= 11 is 1.63. The topological polar surface area (TPSA) is 61.8 Å². The number of nitrogens with zero attached hydrogens (tertiary/aromatic N) is 2. The fourth-order valence-electron chi connectivity index (χ4n) is 3.50. The Kier molecular flexibility index (Phi) is 4.14. The van der Waals surface area contributed by atoms with Crippen molar-refractivity contribution in [2.75, 3.05) is 17.8 Å². The second-order valence-electron chi connectivity index (χ2n) is 6.60. The van der Waals surface area contributed by atoms with Crippen molar-refractivity contribution in [3.8, 4) is 0 Å². The van der Waals surface area contributed by atoms with Crippen LogP contribution in [0.15, 0.2) is 82.0 Å². The minimum Gasteiger partial charge on any atom is -0.318 e. The third-order valence-corrected chi connectivity index (χ3v) is 7.18. The van der Waals surface area contributed by atoms with Gasteiger partial charge in [-0.1, -0.05) is 60.3 Å². The number of sulfonamides is 1. The minimum absolute atomic E-state index is 0.280. The maximum absolute atomic E-state index is 13.0. The number of hydrogen-bond donors (Lipinski definition) is 1. The highest BCUT2D eigenvalue weighted by Crippen LogP contribution is 2.35. The number of hydrogen-bond acceptors (Lipinski definition) is 5. The number of anilines is 1. The van der Waals surface area contributed by atoms with Crippen LogP contribution in [0.5, 0.6) is 0 Å². The second-order valence-corrected chi connectivity index (χ2v) is 9.08. The number of amidine groups is 1. The van der Waals surface area contributed by atoms with Crippen LogP contribution < -0.4 is 4.72 Å². The van der Waals surface area contributed by atoms with Crippen molar-refractivity contribution in [3.05, 3.63) is 77.7 Å². The van der Waals surface area contributed by atoms with Gasteiger partial charge in [-0.25, -0.2) is 8.42 Å². The van der Waals surface area contributed by atoms with Crippen LogP contribution in [0.3, 0.4) is 0 Å².